The summed E-state index contributed by atoms with van der Waals surface area (Å²) in [5.74, 6) is 1.11. The molecule has 0 aromatic carbocycles. The maximum atomic E-state index is 12.2. The van der Waals surface area contributed by atoms with Gasteiger partial charge in [-0.3, -0.25) is 4.79 Å². The molecule has 2 aliphatic heterocycles. The number of carbonyl (C=O) groups excluding carboxylic acids is 1. The van der Waals surface area contributed by atoms with Gasteiger partial charge in [-0.05, 0) is 32.0 Å². The van der Waals surface area contributed by atoms with Crippen LogP contribution in [0.25, 0.3) is 0 Å². The van der Waals surface area contributed by atoms with Crippen LogP contribution in [0.2, 0.25) is 0 Å². The number of nitrogens with zero attached hydrogens (tertiary/aromatic N) is 1. The van der Waals surface area contributed by atoms with Crippen LogP contribution in [-0.4, -0.2) is 50.1 Å². The topological polar surface area (TPSA) is 44.4 Å². The van der Waals surface area contributed by atoms with E-state index in [4.69, 9.17) is 0 Å². The van der Waals surface area contributed by atoms with Gasteiger partial charge in [-0.15, -0.1) is 0 Å². The third-order valence-corrected chi connectivity index (χ3v) is 3.56. The fourth-order valence-electron chi connectivity index (χ4n) is 2.22. The lowest BCUT2D eigenvalue weighted by molar-refractivity contribution is -0.137. The van der Waals surface area contributed by atoms with Gasteiger partial charge in [-0.1, -0.05) is 6.92 Å². The molecule has 2 rings (SSSR count). The lowest BCUT2D eigenvalue weighted by Gasteiger charge is -2.34. The number of hydrogen-bond acceptors (Lipinski definition) is 3. The molecule has 0 aromatic rings. The fourth-order valence-corrected chi connectivity index (χ4v) is 2.22. The van der Waals surface area contributed by atoms with Gasteiger partial charge < -0.3 is 15.5 Å². The van der Waals surface area contributed by atoms with E-state index in [2.05, 4.69) is 17.6 Å². The van der Waals surface area contributed by atoms with E-state index >= 15 is 0 Å². The van der Waals surface area contributed by atoms with Crippen molar-refractivity contribution in [2.45, 2.75) is 13.3 Å². The number of hydrogen-bond donors (Lipinski definition) is 2. The van der Waals surface area contributed by atoms with Gasteiger partial charge in [0.15, 0.2) is 0 Å². The van der Waals surface area contributed by atoms with E-state index in [0.29, 0.717) is 11.8 Å². The van der Waals surface area contributed by atoms with Crippen LogP contribution in [0.3, 0.4) is 0 Å². The zero-order valence-electron chi connectivity index (χ0n) is 9.46. The van der Waals surface area contributed by atoms with E-state index < -0.39 is 0 Å². The Morgan fingerprint density at radius 1 is 1.27 bits per heavy atom. The van der Waals surface area contributed by atoms with Crippen molar-refractivity contribution in [2.24, 2.45) is 11.8 Å². The second-order valence-corrected chi connectivity index (χ2v) is 4.64. The first kappa shape index (κ1) is 10.9. The van der Waals surface area contributed by atoms with E-state index in [9.17, 15) is 4.79 Å². The number of rotatable bonds is 2. The van der Waals surface area contributed by atoms with E-state index in [1.807, 2.05) is 4.90 Å². The molecule has 0 bridgehead atoms. The maximum absolute atomic E-state index is 12.2. The summed E-state index contributed by atoms with van der Waals surface area (Å²) in [5.41, 5.74) is 0. The molecule has 0 saturated carbocycles. The molecule has 86 valence electrons. The molecule has 2 N–H and O–H groups in total. The van der Waals surface area contributed by atoms with Crippen LogP contribution >= 0.6 is 0 Å². The molecule has 1 atom stereocenters. The molecule has 4 heteroatoms. The molecule has 2 fully saturated rings. The Balaban J connectivity index is 1.86. The summed E-state index contributed by atoms with van der Waals surface area (Å²) < 4.78 is 0. The molecular formula is C11H21N3O. The third-order valence-electron chi connectivity index (χ3n) is 3.56. The normalized spacial score (nSPS) is 25.5. The Hall–Kier alpha value is -0.610. The largest absolute Gasteiger partial charge is 0.341 e. The maximum Gasteiger partial charge on any atom is 0.225 e. The lowest BCUT2D eigenvalue weighted by atomic mass is 9.88. The van der Waals surface area contributed by atoms with Crippen LogP contribution in [0.1, 0.15) is 13.3 Å². The van der Waals surface area contributed by atoms with Gasteiger partial charge in [0.05, 0.1) is 0 Å². The van der Waals surface area contributed by atoms with Crippen LogP contribution < -0.4 is 10.6 Å². The molecule has 4 nitrogen and oxygen atoms in total. The summed E-state index contributed by atoms with van der Waals surface area (Å²) in [7, 11) is 0. The van der Waals surface area contributed by atoms with E-state index in [1.165, 1.54) is 0 Å². The zero-order chi connectivity index (χ0) is 10.7. The second kappa shape index (κ2) is 4.94. The van der Waals surface area contributed by atoms with E-state index in [0.717, 1.165) is 45.7 Å². The first-order valence-electron chi connectivity index (χ1n) is 5.99. The molecule has 1 amide bonds. The predicted octanol–water partition coefficient (Wildman–Crippen LogP) is -0.336. The van der Waals surface area contributed by atoms with Crippen molar-refractivity contribution in [3.8, 4) is 0 Å². The lowest BCUT2D eigenvalue weighted by Crippen LogP contribution is -2.50. The van der Waals surface area contributed by atoms with Gasteiger partial charge in [0.1, 0.15) is 0 Å². The van der Waals surface area contributed by atoms with Crippen molar-refractivity contribution < 1.29 is 4.79 Å². The summed E-state index contributed by atoms with van der Waals surface area (Å²) in [6.07, 6.45) is 1.08. The van der Waals surface area contributed by atoms with Crippen LogP contribution in [-0.2, 0) is 4.79 Å². The van der Waals surface area contributed by atoms with Crippen molar-refractivity contribution in [3.63, 3.8) is 0 Å². The zero-order valence-corrected chi connectivity index (χ0v) is 9.46. The van der Waals surface area contributed by atoms with Gasteiger partial charge in [0.2, 0.25) is 5.91 Å². The Morgan fingerprint density at radius 2 is 2.07 bits per heavy atom. The van der Waals surface area contributed by atoms with E-state index in [1.54, 1.807) is 0 Å². The second-order valence-electron chi connectivity index (χ2n) is 4.64. The summed E-state index contributed by atoms with van der Waals surface area (Å²) in [6, 6.07) is 0. The Bertz CT molecular complexity index is 220. The molecule has 2 heterocycles. The number of amides is 1. The van der Waals surface area contributed by atoms with Crippen molar-refractivity contribution >= 4 is 5.91 Å². The van der Waals surface area contributed by atoms with Crippen LogP contribution in [0.5, 0.6) is 0 Å². The SMILES string of the molecule is CC(C(=O)N1CCCNCC1)C1CNC1. The van der Waals surface area contributed by atoms with Crippen molar-refractivity contribution in [2.75, 3.05) is 39.3 Å². The molecule has 0 aliphatic carbocycles. The highest BCUT2D eigenvalue weighted by molar-refractivity contribution is 5.79. The summed E-state index contributed by atoms with van der Waals surface area (Å²) >= 11 is 0. The van der Waals surface area contributed by atoms with Crippen LogP contribution in [0.15, 0.2) is 0 Å². The predicted molar refractivity (Wildman–Crippen MR) is 59.6 cm³/mol. The molecule has 15 heavy (non-hydrogen) atoms. The van der Waals surface area contributed by atoms with Crippen molar-refractivity contribution in [1.82, 2.24) is 15.5 Å². The monoisotopic (exact) mass is 211 g/mol. The van der Waals surface area contributed by atoms with E-state index in [-0.39, 0.29) is 5.92 Å². The van der Waals surface area contributed by atoms with Gasteiger partial charge in [0.25, 0.3) is 0 Å². The Morgan fingerprint density at radius 3 is 2.73 bits per heavy atom. The van der Waals surface area contributed by atoms with Crippen molar-refractivity contribution in [1.29, 1.82) is 0 Å². The van der Waals surface area contributed by atoms with Gasteiger partial charge in [-0.2, -0.15) is 0 Å². The fraction of sp³-hybridized carbons (Fsp3) is 0.909. The average molecular weight is 211 g/mol. The highest BCUT2D eigenvalue weighted by Gasteiger charge is 2.31. The smallest absolute Gasteiger partial charge is 0.225 e. The highest BCUT2D eigenvalue weighted by Crippen LogP contribution is 2.18. The van der Waals surface area contributed by atoms with Gasteiger partial charge >= 0.3 is 0 Å². The number of nitrogens with one attached hydrogen (secondary N) is 2. The van der Waals surface area contributed by atoms with Crippen molar-refractivity contribution in [3.05, 3.63) is 0 Å². The molecule has 2 aliphatic rings. The standard InChI is InChI=1S/C11H21N3O/c1-9(10-7-13-8-10)11(15)14-5-2-3-12-4-6-14/h9-10,12-13H,2-8H2,1H3. The van der Waals surface area contributed by atoms with Crippen LogP contribution in [0.4, 0.5) is 0 Å². The molecule has 0 radical (unpaired) electrons. The molecule has 1 unspecified atom stereocenters. The minimum absolute atomic E-state index is 0.198. The summed E-state index contributed by atoms with van der Waals surface area (Å²) in [6.45, 7) is 7.90. The average Bonchev–Trinajstić information content (AvgIpc) is 2.41. The van der Waals surface area contributed by atoms with Crippen LogP contribution in [0, 0.1) is 11.8 Å². The molecule has 0 spiro atoms. The first-order valence-corrected chi connectivity index (χ1v) is 5.99. The minimum atomic E-state index is 0.198. The highest BCUT2D eigenvalue weighted by atomic mass is 16.2. The Kier molecular flexibility index (Phi) is 3.59. The molecule has 2 saturated heterocycles. The third kappa shape index (κ3) is 2.49. The van der Waals surface area contributed by atoms with Gasteiger partial charge in [0, 0.05) is 25.6 Å². The minimum Gasteiger partial charge on any atom is -0.341 e. The quantitative estimate of drug-likeness (QED) is 0.657. The number of carbonyl (C=O) groups is 1. The molecular weight excluding hydrogens is 190 g/mol. The summed E-state index contributed by atoms with van der Waals surface area (Å²) in [4.78, 5) is 14.2. The first-order chi connectivity index (χ1) is 7.29. The molecule has 0 aromatic heterocycles. The van der Waals surface area contributed by atoms with Gasteiger partial charge in [-0.25, -0.2) is 0 Å². The Labute approximate surface area is 91.4 Å². The summed E-state index contributed by atoms with van der Waals surface area (Å²) in [5, 5.41) is 6.55.